The number of hydrogen-bond donors (Lipinski definition) is 2. The zero-order valence-electron chi connectivity index (χ0n) is 17.7. The molecule has 8 heteroatoms. The van der Waals surface area contributed by atoms with Crippen molar-refractivity contribution in [3.05, 3.63) is 72.1 Å². The molecule has 1 fully saturated rings. The third kappa shape index (κ3) is 4.51. The molecule has 0 radical (unpaired) electrons. The lowest BCUT2D eigenvalue weighted by atomic mass is 9.90. The van der Waals surface area contributed by atoms with Gasteiger partial charge in [-0.3, -0.25) is 4.79 Å². The molecule has 0 spiro atoms. The molecule has 1 aliphatic rings. The Labute approximate surface area is 188 Å². The fourth-order valence-electron chi connectivity index (χ4n) is 4.39. The van der Waals surface area contributed by atoms with Crippen LogP contribution in [0.5, 0.6) is 0 Å². The minimum Gasteiger partial charge on any atom is -0.451 e. The molecule has 0 saturated heterocycles. The van der Waals surface area contributed by atoms with E-state index in [4.69, 9.17) is 4.42 Å². The van der Waals surface area contributed by atoms with E-state index in [0.717, 1.165) is 37.1 Å². The first-order valence-corrected chi connectivity index (χ1v) is 10.9. The fourth-order valence-corrected chi connectivity index (χ4v) is 4.39. The van der Waals surface area contributed by atoms with E-state index in [1.807, 2.05) is 24.3 Å². The molecule has 1 amide bonds. The van der Waals surface area contributed by atoms with Gasteiger partial charge in [-0.05, 0) is 49.9 Å². The number of furan rings is 1. The molecular formula is C25H22F3N3O2. The molecule has 5 nitrogen and oxygen atoms in total. The molecule has 2 aromatic heterocycles. The van der Waals surface area contributed by atoms with Gasteiger partial charge in [0.15, 0.2) is 5.76 Å². The Morgan fingerprint density at radius 1 is 0.939 bits per heavy atom. The summed E-state index contributed by atoms with van der Waals surface area (Å²) in [5.74, 6) is 0.0249. The van der Waals surface area contributed by atoms with Crippen molar-refractivity contribution < 1.29 is 22.4 Å². The molecule has 5 rings (SSSR count). The van der Waals surface area contributed by atoms with Crippen LogP contribution in [-0.2, 0) is 6.18 Å². The Balaban J connectivity index is 1.24. The van der Waals surface area contributed by atoms with E-state index in [1.54, 1.807) is 30.3 Å². The van der Waals surface area contributed by atoms with E-state index >= 15 is 0 Å². The monoisotopic (exact) mass is 453 g/mol. The zero-order chi connectivity index (χ0) is 23.0. The number of halogens is 3. The number of carbonyl (C=O) groups is 1. The van der Waals surface area contributed by atoms with Crippen LogP contribution in [0.15, 0.2) is 65.1 Å². The van der Waals surface area contributed by atoms with Gasteiger partial charge in [0.2, 0.25) is 0 Å². The zero-order valence-corrected chi connectivity index (χ0v) is 17.7. The summed E-state index contributed by atoms with van der Waals surface area (Å²) in [6.45, 7) is 0. The summed E-state index contributed by atoms with van der Waals surface area (Å²) in [5.41, 5.74) is 0.498. The number of nitrogens with one attached hydrogen (secondary N) is 2. The first kappa shape index (κ1) is 21.3. The van der Waals surface area contributed by atoms with Crippen LogP contribution in [0.4, 0.5) is 18.9 Å². The van der Waals surface area contributed by atoms with Gasteiger partial charge in [0.1, 0.15) is 11.3 Å². The quantitative estimate of drug-likeness (QED) is 0.389. The van der Waals surface area contributed by atoms with Crippen LogP contribution in [-0.4, -0.2) is 23.0 Å². The van der Waals surface area contributed by atoms with Crippen molar-refractivity contribution in [2.45, 2.75) is 43.9 Å². The summed E-state index contributed by atoms with van der Waals surface area (Å²) >= 11 is 0. The number of fused-ring (bicyclic) bond motifs is 2. The van der Waals surface area contributed by atoms with Crippen LogP contribution in [0.3, 0.4) is 0 Å². The predicted molar refractivity (Wildman–Crippen MR) is 120 cm³/mol. The molecule has 0 unspecified atom stereocenters. The first-order chi connectivity index (χ1) is 15.9. The molecule has 1 saturated carbocycles. The molecule has 4 aromatic rings. The number of nitrogens with zero attached hydrogens (tertiary/aromatic N) is 1. The van der Waals surface area contributed by atoms with Gasteiger partial charge in [0, 0.05) is 28.5 Å². The van der Waals surface area contributed by atoms with Crippen LogP contribution >= 0.6 is 0 Å². The number of alkyl halides is 3. The summed E-state index contributed by atoms with van der Waals surface area (Å²) < 4.78 is 45.6. The molecule has 0 atom stereocenters. The Bertz CT molecular complexity index is 1270. The van der Waals surface area contributed by atoms with Crippen molar-refractivity contribution in [3.8, 4) is 0 Å². The van der Waals surface area contributed by atoms with Gasteiger partial charge in [-0.15, -0.1) is 0 Å². The van der Waals surface area contributed by atoms with E-state index in [1.165, 1.54) is 0 Å². The van der Waals surface area contributed by atoms with E-state index in [2.05, 4.69) is 15.6 Å². The van der Waals surface area contributed by atoms with Crippen LogP contribution in [0, 0.1) is 0 Å². The number of anilines is 1. The normalized spacial score (nSPS) is 19.0. The molecule has 2 aromatic carbocycles. The van der Waals surface area contributed by atoms with Gasteiger partial charge in [0.05, 0.1) is 5.52 Å². The largest absolute Gasteiger partial charge is 0.451 e. The second-order valence-corrected chi connectivity index (χ2v) is 8.38. The standard InChI is InChI=1S/C25H22F3N3O2/c26-25(27,28)23-14-20(18-6-2-3-7-19(18)31-23)29-16-9-11-17(12-10-16)30-24(32)22-13-15-5-1-4-8-21(15)33-22/h1-8,13-14,16-17H,9-12H2,(H,29,31)(H,30,32). The number of aromatic nitrogens is 1. The van der Waals surface area contributed by atoms with Gasteiger partial charge in [-0.1, -0.05) is 36.4 Å². The summed E-state index contributed by atoms with van der Waals surface area (Å²) in [7, 11) is 0. The summed E-state index contributed by atoms with van der Waals surface area (Å²) in [6.07, 6.45) is -1.62. The van der Waals surface area contributed by atoms with Crippen LogP contribution in [0.2, 0.25) is 0 Å². The maximum atomic E-state index is 13.3. The van der Waals surface area contributed by atoms with E-state index in [-0.39, 0.29) is 23.8 Å². The van der Waals surface area contributed by atoms with E-state index in [9.17, 15) is 18.0 Å². The maximum Gasteiger partial charge on any atom is 0.433 e. The lowest BCUT2D eigenvalue weighted by Crippen LogP contribution is -2.40. The average Bonchev–Trinajstić information content (AvgIpc) is 3.24. The Hall–Kier alpha value is -3.55. The van der Waals surface area contributed by atoms with Crippen molar-refractivity contribution >= 4 is 33.5 Å². The molecular weight excluding hydrogens is 431 g/mol. The molecule has 2 N–H and O–H groups in total. The molecule has 1 aliphatic carbocycles. The topological polar surface area (TPSA) is 67.2 Å². The Morgan fingerprint density at radius 3 is 2.39 bits per heavy atom. The highest BCUT2D eigenvalue weighted by atomic mass is 19.4. The lowest BCUT2D eigenvalue weighted by Gasteiger charge is -2.30. The second kappa shape index (κ2) is 8.42. The molecule has 170 valence electrons. The van der Waals surface area contributed by atoms with Crippen molar-refractivity contribution in [2.24, 2.45) is 0 Å². The molecule has 0 aliphatic heterocycles. The van der Waals surface area contributed by atoms with E-state index in [0.29, 0.717) is 22.2 Å². The smallest absolute Gasteiger partial charge is 0.433 e. The highest BCUT2D eigenvalue weighted by molar-refractivity contribution is 5.96. The van der Waals surface area contributed by atoms with Crippen LogP contribution in [0.25, 0.3) is 21.9 Å². The van der Waals surface area contributed by atoms with Crippen LogP contribution < -0.4 is 10.6 Å². The minimum atomic E-state index is -4.51. The number of rotatable bonds is 4. The maximum absolute atomic E-state index is 13.3. The second-order valence-electron chi connectivity index (χ2n) is 8.38. The first-order valence-electron chi connectivity index (χ1n) is 10.9. The number of hydrogen-bond acceptors (Lipinski definition) is 4. The highest BCUT2D eigenvalue weighted by Crippen LogP contribution is 2.34. The molecule has 2 heterocycles. The van der Waals surface area contributed by atoms with Crippen molar-refractivity contribution in [1.29, 1.82) is 0 Å². The number of pyridine rings is 1. The van der Waals surface area contributed by atoms with Gasteiger partial charge in [-0.2, -0.15) is 13.2 Å². The minimum absolute atomic E-state index is 0.0104. The van der Waals surface area contributed by atoms with Crippen molar-refractivity contribution in [2.75, 3.05) is 5.32 Å². The molecule has 33 heavy (non-hydrogen) atoms. The summed E-state index contributed by atoms with van der Waals surface area (Å²) in [6, 6.07) is 17.1. The average molecular weight is 453 g/mol. The van der Waals surface area contributed by atoms with Crippen molar-refractivity contribution in [3.63, 3.8) is 0 Å². The van der Waals surface area contributed by atoms with Gasteiger partial charge >= 0.3 is 6.18 Å². The highest BCUT2D eigenvalue weighted by Gasteiger charge is 2.34. The number of benzene rings is 2. The number of para-hydroxylation sites is 2. The lowest BCUT2D eigenvalue weighted by molar-refractivity contribution is -0.140. The molecule has 0 bridgehead atoms. The van der Waals surface area contributed by atoms with Gasteiger partial charge < -0.3 is 15.1 Å². The SMILES string of the molecule is O=C(NC1CCC(Nc2cc(C(F)(F)F)nc3ccccc23)CC1)c1cc2ccccc2o1. The fraction of sp³-hybridized carbons (Fsp3) is 0.280. The van der Waals surface area contributed by atoms with E-state index < -0.39 is 11.9 Å². The van der Waals surface area contributed by atoms with Gasteiger partial charge in [-0.25, -0.2) is 4.98 Å². The van der Waals surface area contributed by atoms with Crippen LogP contribution in [0.1, 0.15) is 41.9 Å². The third-order valence-electron chi connectivity index (χ3n) is 6.08. The summed E-state index contributed by atoms with van der Waals surface area (Å²) in [4.78, 5) is 16.4. The summed E-state index contributed by atoms with van der Waals surface area (Å²) in [5, 5.41) is 7.84. The predicted octanol–water partition coefficient (Wildman–Crippen LogP) is 6.15. The van der Waals surface area contributed by atoms with Crippen molar-refractivity contribution in [1.82, 2.24) is 10.3 Å². The number of amides is 1. The third-order valence-corrected chi connectivity index (χ3v) is 6.08. The Morgan fingerprint density at radius 2 is 1.64 bits per heavy atom. The van der Waals surface area contributed by atoms with Gasteiger partial charge in [0.25, 0.3) is 5.91 Å². The number of carbonyl (C=O) groups excluding carboxylic acids is 1. The Kier molecular flexibility index (Phi) is 5.44.